The van der Waals surface area contributed by atoms with Crippen molar-refractivity contribution in [3.8, 4) is 0 Å². The first-order valence-corrected chi connectivity index (χ1v) is 7.54. The molecule has 0 atom stereocenters. The molecule has 6 heteroatoms. The van der Waals surface area contributed by atoms with Gasteiger partial charge in [0.25, 0.3) is 5.91 Å². The molecular weight excluding hydrogens is 252 g/mol. The second-order valence-corrected chi connectivity index (χ2v) is 6.69. The van der Waals surface area contributed by atoms with Crippen LogP contribution in [0.1, 0.15) is 28.8 Å². The molecule has 1 aromatic rings. The molecule has 0 unspecified atom stereocenters. The van der Waals surface area contributed by atoms with Crippen LogP contribution in [0.3, 0.4) is 0 Å². The van der Waals surface area contributed by atoms with Crippen LogP contribution in [0.25, 0.3) is 0 Å². The Kier molecular flexibility index (Phi) is 2.55. The van der Waals surface area contributed by atoms with Crippen molar-refractivity contribution < 1.29 is 13.2 Å². The predicted octanol–water partition coefficient (Wildman–Crippen LogP) is 0.877. The third-order valence-corrected chi connectivity index (χ3v) is 5.09. The van der Waals surface area contributed by atoms with Gasteiger partial charge in [-0.3, -0.25) is 4.79 Å². The molecule has 1 fully saturated rings. The molecule has 0 spiro atoms. The Labute approximate surface area is 106 Å². The Morgan fingerprint density at radius 1 is 1.33 bits per heavy atom. The first kappa shape index (κ1) is 11.5. The molecule has 0 aromatic heterocycles. The molecular formula is C12H14N2O3S. The zero-order valence-electron chi connectivity index (χ0n) is 9.77. The van der Waals surface area contributed by atoms with E-state index in [1.807, 2.05) is 6.07 Å². The maximum absolute atomic E-state index is 11.9. The molecule has 1 aliphatic carbocycles. The minimum absolute atomic E-state index is 0.377. The lowest BCUT2D eigenvalue weighted by molar-refractivity contribution is 0.0981. The van der Waals surface area contributed by atoms with Crippen molar-refractivity contribution in [1.29, 1.82) is 0 Å². The summed E-state index contributed by atoms with van der Waals surface area (Å²) >= 11 is 0. The average Bonchev–Trinajstić information content (AvgIpc) is 3.08. The van der Waals surface area contributed by atoms with Crippen LogP contribution >= 0.6 is 0 Å². The summed E-state index contributed by atoms with van der Waals surface area (Å²) in [5, 5.41) is 2.82. The van der Waals surface area contributed by atoms with Gasteiger partial charge in [-0.1, -0.05) is 0 Å². The van der Waals surface area contributed by atoms with Gasteiger partial charge in [0.1, 0.15) is 0 Å². The molecule has 1 heterocycles. The molecule has 1 aromatic carbocycles. The number of nitrogens with one attached hydrogen (secondary N) is 2. The predicted molar refractivity (Wildman–Crippen MR) is 68.0 cm³/mol. The van der Waals surface area contributed by atoms with Crippen molar-refractivity contribution in [1.82, 2.24) is 4.72 Å². The standard InChI is InChI=1S/C12H14N2O3S/c15-12(14-18(16,17)10-2-3-10)9-1-4-11-8(7-9)5-6-13-11/h1,4,7,10,13H,2-3,5-6H2,(H,14,15). The Bertz CT molecular complexity index is 606. The highest BCUT2D eigenvalue weighted by atomic mass is 32.2. The number of rotatable bonds is 3. The second kappa shape index (κ2) is 3.98. The summed E-state index contributed by atoms with van der Waals surface area (Å²) in [7, 11) is -3.46. The number of amides is 1. The molecule has 96 valence electrons. The maximum Gasteiger partial charge on any atom is 0.264 e. The van der Waals surface area contributed by atoms with Crippen LogP contribution in [0.2, 0.25) is 0 Å². The molecule has 2 N–H and O–H groups in total. The molecule has 2 aliphatic rings. The SMILES string of the molecule is O=C(NS(=O)(=O)C1CC1)c1ccc2c(c1)CCN2. The third-order valence-electron chi connectivity index (χ3n) is 3.28. The van der Waals surface area contributed by atoms with Crippen molar-refractivity contribution >= 4 is 21.6 Å². The molecule has 1 aliphatic heterocycles. The zero-order chi connectivity index (χ0) is 12.8. The van der Waals surface area contributed by atoms with Gasteiger partial charge in [-0.25, -0.2) is 13.1 Å². The molecule has 18 heavy (non-hydrogen) atoms. The molecule has 0 radical (unpaired) electrons. The van der Waals surface area contributed by atoms with E-state index in [4.69, 9.17) is 0 Å². The van der Waals surface area contributed by atoms with E-state index in [0.717, 1.165) is 24.2 Å². The summed E-state index contributed by atoms with van der Waals surface area (Å²) in [5.74, 6) is -0.531. The Morgan fingerprint density at radius 3 is 2.83 bits per heavy atom. The van der Waals surface area contributed by atoms with Crippen LogP contribution in [0.5, 0.6) is 0 Å². The zero-order valence-corrected chi connectivity index (χ0v) is 10.6. The van der Waals surface area contributed by atoms with Gasteiger partial charge >= 0.3 is 0 Å². The third kappa shape index (κ3) is 2.08. The number of anilines is 1. The fraction of sp³-hybridized carbons (Fsp3) is 0.417. The van der Waals surface area contributed by atoms with E-state index in [1.54, 1.807) is 12.1 Å². The molecule has 0 saturated heterocycles. The van der Waals surface area contributed by atoms with Crippen LogP contribution in [0, 0.1) is 0 Å². The molecule has 0 bridgehead atoms. The number of hydrogen-bond acceptors (Lipinski definition) is 4. The Hall–Kier alpha value is -1.56. The van der Waals surface area contributed by atoms with E-state index in [9.17, 15) is 13.2 Å². The van der Waals surface area contributed by atoms with Gasteiger partial charge in [0, 0.05) is 17.8 Å². The van der Waals surface area contributed by atoms with Gasteiger partial charge in [-0.2, -0.15) is 0 Å². The van der Waals surface area contributed by atoms with E-state index in [0.29, 0.717) is 18.4 Å². The summed E-state index contributed by atoms with van der Waals surface area (Å²) in [5.41, 5.74) is 2.49. The lowest BCUT2D eigenvalue weighted by atomic mass is 10.1. The van der Waals surface area contributed by atoms with Gasteiger partial charge in [0.2, 0.25) is 10.0 Å². The molecule has 1 saturated carbocycles. The fourth-order valence-corrected chi connectivity index (χ4v) is 3.40. The van der Waals surface area contributed by atoms with Crippen LogP contribution in [-0.2, 0) is 16.4 Å². The van der Waals surface area contributed by atoms with E-state index < -0.39 is 15.9 Å². The van der Waals surface area contributed by atoms with Crippen LogP contribution in [0.15, 0.2) is 18.2 Å². The summed E-state index contributed by atoms with van der Waals surface area (Å²) in [6, 6.07) is 5.23. The van der Waals surface area contributed by atoms with Crippen molar-refractivity contribution in [3.05, 3.63) is 29.3 Å². The van der Waals surface area contributed by atoms with Gasteiger partial charge in [0.05, 0.1) is 5.25 Å². The summed E-state index contributed by atoms with van der Waals surface area (Å²) < 4.78 is 25.5. The first-order valence-electron chi connectivity index (χ1n) is 5.99. The molecule has 1 amide bonds. The van der Waals surface area contributed by atoms with Crippen molar-refractivity contribution in [3.63, 3.8) is 0 Å². The Morgan fingerprint density at radius 2 is 2.11 bits per heavy atom. The van der Waals surface area contributed by atoms with E-state index >= 15 is 0 Å². The average molecular weight is 266 g/mol. The van der Waals surface area contributed by atoms with Gasteiger partial charge in [-0.05, 0) is 43.0 Å². The summed E-state index contributed by atoms with van der Waals surface area (Å²) in [6.07, 6.45) is 2.17. The van der Waals surface area contributed by atoms with Crippen LogP contribution < -0.4 is 10.0 Å². The quantitative estimate of drug-likeness (QED) is 0.851. The van der Waals surface area contributed by atoms with Crippen molar-refractivity contribution in [2.75, 3.05) is 11.9 Å². The highest BCUT2D eigenvalue weighted by Gasteiger charge is 2.37. The maximum atomic E-state index is 11.9. The fourth-order valence-electron chi connectivity index (χ4n) is 2.10. The van der Waals surface area contributed by atoms with E-state index in [2.05, 4.69) is 10.0 Å². The largest absolute Gasteiger partial charge is 0.384 e. The first-order chi connectivity index (χ1) is 8.56. The second-order valence-electron chi connectivity index (χ2n) is 4.72. The topological polar surface area (TPSA) is 75.3 Å². The number of sulfonamides is 1. The minimum Gasteiger partial charge on any atom is -0.384 e. The monoisotopic (exact) mass is 266 g/mol. The molecule has 5 nitrogen and oxygen atoms in total. The van der Waals surface area contributed by atoms with Crippen molar-refractivity contribution in [2.24, 2.45) is 0 Å². The van der Waals surface area contributed by atoms with Crippen LogP contribution in [0.4, 0.5) is 5.69 Å². The molecule has 3 rings (SSSR count). The highest BCUT2D eigenvalue weighted by molar-refractivity contribution is 7.91. The van der Waals surface area contributed by atoms with Gasteiger partial charge in [-0.15, -0.1) is 0 Å². The lowest BCUT2D eigenvalue weighted by Gasteiger charge is -2.07. The smallest absolute Gasteiger partial charge is 0.264 e. The summed E-state index contributed by atoms with van der Waals surface area (Å²) in [4.78, 5) is 11.9. The van der Waals surface area contributed by atoms with Crippen LogP contribution in [-0.4, -0.2) is 26.1 Å². The number of carbonyl (C=O) groups is 1. The van der Waals surface area contributed by atoms with Gasteiger partial charge < -0.3 is 5.32 Å². The van der Waals surface area contributed by atoms with E-state index in [1.165, 1.54) is 0 Å². The highest BCUT2D eigenvalue weighted by Crippen LogP contribution is 2.28. The summed E-state index contributed by atoms with van der Waals surface area (Å²) in [6.45, 7) is 0.862. The minimum atomic E-state index is -3.46. The van der Waals surface area contributed by atoms with Crippen molar-refractivity contribution in [2.45, 2.75) is 24.5 Å². The number of fused-ring (bicyclic) bond motifs is 1. The normalized spacial score (nSPS) is 18.0. The number of benzene rings is 1. The lowest BCUT2D eigenvalue weighted by Crippen LogP contribution is -2.33. The number of hydrogen-bond donors (Lipinski definition) is 2. The van der Waals surface area contributed by atoms with Gasteiger partial charge in [0.15, 0.2) is 0 Å². The van der Waals surface area contributed by atoms with E-state index in [-0.39, 0.29) is 5.25 Å². The number of carbonyl (C=O) groups excluding carboxylic acids is 1. The Balaban J connectivity index is 1.80.